The van der Waals surface area contributed by atoms with Crippen LogP contribution in [0.2, 0.25) is 0 Å². The zero-order valence-electron chi connectivity index (χ0n) is 18.8. The molecule has 0 saturated carbocycles. The van der Waals surface area contributed by atoms with Crippen molar-refractivity contribution in [2.45, 2.75) is 26.3 Å². The lowest BCUT2D eigenvalue weighted by atomic mass is 10.0. The Labute approximate surface area is 196 Å². The van der Waals surface area contributed by atoms with Gasteiger partial charge in [0.15, 0.2) is 0 Å². The van der Waals surface area contributed by atoms with Crippen LogP contribution >= 0.6 is 0 Å². The number of hydrogen-bond acceptors (Lipinski definition) is 4. The second-order valence-corrected chi connectivity index (χ2v) is 8.03. The van der Waals surface area contributed by atoms with Gasteiger partial charge in [-0.05, 0) is 60.5 Å². The molecule has 0 aliphatic carbocycles. The first-order valence-electron chi connectivity index (χ1n) is 10.9. The molecule has 2 aromatic carbocycles. The molecule has 34 heavy (non-hydrogen) atoms. The number of nitrogens with zero attached hydrogens (tertiary/aromatic N) is 3. The molecule has 0 fully saturated rings. The molecular formula is C26H24FN5O2. The fraction of sp³-hybridized carbons (Fsp3) is 0.154. The van der Waals surface area contributed by atoms with E-state index in [0.717, 1.165) is 5.69 Å². The summed E-state index contributed by atoms with van der Waals surface area (Å²) in [5.74, 6) is -0.974. The van der Waals surface area contributed by atoms with Gasteiger partial charge in [-0.25, -0.2) is 9.07 Å². The SMILES string of the molecule is CC(C)c1c(C(=O)Nc2cccc(C(=O)NCc3ccccn3)c2)cnn1-c1ccc(F)cc1. The summed E-state index contributed by atoms with van der Waals surface area (Å²) >= 11 is 0. The maximum atomic E-state index is 13.3. The van der Waals surface area contributed by atoms with Crippen LogP contribution in [-0.4, -0.2) is 26.6 Å². The molecule has 0 saturated heterocycles. The molecule has 2 heterocycles. The molecule has 0 bridgehead atoms. The van der Waals surface area contributed by atoms with Crippen molar-refractivity contribution in [3.63, 3.8) is 0 Å². The molecule has 4 aromatic rings. The predicted molar refractivity (Wildman–Crippen MR) is 127 cm³/mol. The van der Waals surface area contributed by atoms with Crippen LogP contribution in [0.1, 0.15) is 51.9 Å². The van der Waals surface area contributed by atoms with Crippen molar-refractivity contribution in [2.75, 3.05) is 5.32 Å². The van der Waals surface area contributed by atoms with E-state index in [-0.39, 0.29) is 23.5 Å². The van der Waals surface area contributed by atoms with Gasteiger partial charge in [-0.2, -0.15) is 5.10 Å². The molecule has 0 atom stereocenters. The van der Waals surface area contributed by atoms with E-state index in [1.165, 1.54) is 18.3 Å². The number of hydrogen-bond donors (Lipinski definition) is 2. The molecule has 0 spiro atoms. The molecule has 8 heteroatoms. The smallest absolute Gasteiger partial charge is 0.259 e. The molecule has 7 nitrogen and oxygen atoms in total. The highest BCUT2D eigenvalue weighted by Gasteiger charge is 2.21. The van der Waals surface area contributed by atoms with E-state index in [2.05, 4.69) is 20.7 Å². The number of nitrogens with one attached hydrogen (secondary N) is 2. The molecule has 2 aromatic heterocycles. The standard InChI is InChI=1S/C26H24FN5O2/c1-17(2)24-23(16-30-32(24)22-11-9-19(27)10-12-22)26(34)31-20-8-5-6-18(14-20)25(33)29-15-21-7-3-4-13-28-21/h3-14,16-17H,15H2,1-2H3,(H,29,33)(H,31,34). The lowest BCUT2D eigenvalue weighted by Crippen LogP contribution is -2.23. The second-order valence-electron chi connectivity index (χ2n) is 8.03. The van der Waals surface area contributed by atoms with Crippen molar-refractivity contribution in [3.8, 4) is 5.69 Å². The van der Waals surface area contributed by atoms with Crippen molar-refractivity contribution >= 4 is 17.5 Å². The van der Waals surface area contributed by atoms with Crippen molar-refractivity contribution in [1.29, 1.82) is 0 Å². The minimum Gasteiger partial charge on any atom is -0.346 e. The third-order valence-electron chi connectivity index (χ3n) is 5.21. The van der Waals surface area contributed by atoms with Gasteiger partial charge < -0.3 is 10.6 Å². The van der Waals surface area contributed by atoms with E-state index < -0.39 is 0 Å². The normalized spacial score (nSPS) is 10.8. The zero-order chi connectivity index (χ0) is 24.1. The number of amides is 2. The highest BCUT2D eigenvalue weighted by molar-refractivity contribution is 6.06. The summed E-state index contributed by atoms with van der Waals surface area (Å²) in [5.41, 5.74) is 3.42. The minimum absolute atomic E-state index is 0.0167. The molecule has 2 amide bonds. The Balaban J connectivity index is 1.51. The van der Waals surface area contributed by atoms with Gasteiger partial charge in [0, 0.05) is 17.4 Å². The van der Waals surface area contributed by atoms with Crippen molar-refractivity contribution in [2.24, 2.45) is 0 Å². The average Bonchev–Trinajstić information content (AvgIpc) is 3.30. The Morgan fingerprint density at radius 1 is 1.00 bits per heavy atom. The maximum Gasteiger partial charge on any atom is 0.259 e. The number of pyridine rings is 1. The van der Waals surface area contributed by atoms with E-state index in [4.69, 9.17) is 0 Å². The Morgan fingerprint density at radius 3 is 2.50 bits per heavy atom. The van der Waals surface area contributed by atoms with Gasteiger partial charge in [0.2, 0.25) is 0 Å². The molecule has 0 radical (unpaired) electrons. The minimum atomic E-state index is -0.344. The van der Waals surface area contributed by atoms with Gasteiger partial charge in [-0.15, -0.1) is 0 Å². The van der Waals surface area contributed by atoms with Crippen LogP contribution in [0, 0.1) is 5.82 Å². The highest BCUT2D eigenvalue weighted by Crippen LogP contribution is 2.24. The Kier molecular flexibility index (Phi) is 6.77. The van der Waals surface area contributed by atoms with Gasteiger partial charge in [-0.3, -0.25) is 14.6 Å². The van der Waals surface area contributed by atoms with Gasteiger partial charge >= 0.3 is 0 Å². The first-order chi connectivity index (χ1) is 16.4. The summed E-state index contributed by atoms with van der Waals surface area (Å²) < 4.78 is 15.0. The second kappa shape index (κ2) is 10.1. The Bertz CT molecular complexity index is 1300. The van der Waals surface area contributed by atoms with Crippen LogP contribution in [0.3, 0.4) is 0 Å². The monoisotopic (exact) mass is 457 g/mol. The Morgan fingerprint density at radius 2 is 1.79 bits per heavy atom. The molecule has 4 rings (SSSR count). The molecule has 0 aliphatic heterocycles. The quantitative estimate of drug-likeness (QED) is 0.421. The topological polar surface area (TPSA) is 88.9 Å². The first-order valence-corrected chi connectivity index (χ1v) is 10.9. The average molecular weight is 458 g/mol. The van der Waals surface area contributed by atoms with Crippen LogP contribution in [0.25, 0.3) is 5.69 Å². The van der Waals surface area contributed by atoms with Crippen molar-refractivity contribution in [1.82, 2.24) is 20.1 Å². The first kappa shape index (κ1) is 22.8. The van der Waals surface area contributed by atoms with Crippen LogP contribution in [0.15, 0.2) is 79.1 Å². The van der Waals surface area contributed by atoms with Crippen LogP contribution in [0.5, 0.6) is 0 Å². The summed E-state index contributed by atoms with van der Waals surface area (Å²) in [4.78, 5) is 29.8. The number of benzene rings is 2. The maximum absolute atomic E-state index is 13.3. The fourth-order valence-corrected chi connectivity index (χ4v) is 3.59. The summed E-state index contributed by atoms with van der Waals surface area (Å²) in [7, 11) is 0. The number of rotatable bonds is 7. The van der Waals surface area contributed by atoms with Crippen LogP contribution in [0.4, 0.5) is 10.1 Å². The van der Waals surface area contributed by atoms with Gasteiger partial charge in [0.25, 0.3) is 11.8 Å². The summed E-state index contributed by atoms with van der Waals surface area (Å²) in [5, 5.41) is 10.0. The van der Waals surface area contributed by atoms with Gasteiger partial charge in [-0.1, -0.05) is 26.0 Å². The number of carbonyl (C=O) groups is 2. The molecule has 172 valence electrons. The van der Waals surface area contributed by atoms with Crippen LogP contribution in [-0.2, 0) is 6.54 Å². The molecule has 0 aliphatic rings. The van der Waals surface area contributed by atoms with Crippen LogP contribution < -0.4 is 10.6 Å². The van der Waals surface area contributed by atoms with Crippen molar-refractivity contribution < 1.29 is 14.0 Å². The Hall–Kier alpha value is -4.33. The van der Waals surface area contributed by atoms with Gasteiger partial charge in [0.05, 0.1) is 35.4 Å². The lowest BCUT2D eigenvalue weighted by Gasteiger charge is -2.13. The van der Waals surface area contributed by atoms with Gasteiger partial charge in [0.1, 0.15) is 5.82 Å². The largest absolute Gasteiger partial charge is 0.346 e. The number of aromatic nitrogens is 3. The zero-order valence-corrected chi connectivity index (χ0v) is 18.8. The van der Waals surface area contributed by atoms with E-state index in [9.17, 15) is 14.0 Å². The van der Waals surface area contributed by atoms with E-state index in [1.54, 1.807) is 47.3 Å². The third-order valence-corrected chi connectivity index (χ3v) is 5.21. The summed E-state index contributed by atoms with van der Waals surface area (Å²) in [6, 6.07) is 18.1. The molecule has 0 unspecified atom stereocenters. The van der Waals surface area contributed by atoms with E-state index in [0.29, 0.717) is 34.7 Å². The summed E-state index contributed by atoms with van der Waals surface area (Å²) in [6.07, 6.45) is 3.17. The predicted octanol–water partition coefficient (Wildman–Crippen LogP) is 4.71. The number of halogens is 1. The fourth-order valence-electron chi connectivity index (χ4n) is 3.59. The van der Waals surface area contributed by atoms with Crippen molar-refractivity contribution in [3.05, 3.63) is 107 Å². The summed E-state index contributed by atoms with van der Waals surface area (Å²) in [6.45, 7) is 4.22. The lowest BCUT2D eigenvalue weighted by molar-refractivity contribution is 0.0949. The molecular weight excluding hydrogens is 433 g/mol. The third kappa shape index (κ3) is 5.17. The van der Waals surface area contributed by atoms with E-state index >= 15 is 0 Å². The highest BCUT2D eigenvalue weighted by atomic mass is 19.1. The molecule has 2 N–H and O–H groups in total. The number of anilines is 1. The number of carbonyl (C=O) groups excluding carboxylic acids is 2. The van der Waals surface area contributed by atoms with E-state index in [1.807, 2.05) is 32.0 Å².